The first kappa shape index (κ1) is 23.2. The van der Waals surface area contributed by atoms with Gasteiger partial charge in [0.05, 0.1) is 4.92 Å². The molecule has 1 unspecified atom stereocenters. The van der Waals surface area contributed by atoms with Gasteiger partial charge in [-0.15, -0.1) is 0 Å². The van der Waals surface area contributed by atoms with Gasteiger partial charge >= 0.3 is 0 Å². The monoisotopic (exact) mass is 430 g/mol. The summed E-state index contributed by atoms with van der Waals surface area (Å²) in [4.78, 5) is 42.5. The molecule has 2 aliphatic rings. The molecule has 1 saturated carbocycles. The van der Waals surface area contributed by atoms with Gasteiger partial charge in [-0.3, -0.25) is 19.7 Å². The number of nitro benzene ring substituents is 1. The third-order valence-corrected chi connectivity index (χ3v) is 6.80. The van der Waals surface area contributed by atoms with Crippen LogP contribution < -0.4 is 0 Å². The SMILES string of the molecule is Cc1cc(C(=O)N2CCCC2C(=O)N(C)CCN(C)C2CCCCC2)ccc1[N+](=O)[O-]. The van der Waals surface area contributed by atoms with Gasteiger partial charge in [0.2, 0.25) is 5.91 Å². The third-order valence-electron chi connectivity index (χ3n) is 6.80. The van der Waals surface area contributed by atoms with Gasteiger partial charge < -0.3 is 14.7 Å². The summed E-state index contributed by atoms with van der Waals surface area (Å²) in [7, 11) is 3.95. The van der Waals surface area contributed by atoms with E-state index in [1.165, 1.54) is 44.2 Å². The molecule has 1 aliphatic heterocycles. The van der Waals surface area contributed by atoms with Crippen molar-refractivity contribution in [1.29, 1.82) is 0 Å². The average Bonchev–Trinajstić information content (AvgIpc) is 3.26. The Morgan fingerprint density at radius 3 is 2.45 bits per heavy atom. The normalized spacial score (nSPS) is 19.6. The van der Waals surface area contributed by atoms with E-state index >= 15 is 0 Å². The lowest BCUT2D eigenvalue weighted by Gasteiger charge is -2.33. The molecule has 170 valence electrons. The van der Waals surface area contributed by atoms with Gasteiger partial charge in [-0.2, -0.15) is 0 Å². The summed E-state index contributed by atoms with van der Waals surface area (Å²) in [5.74, 6) is -0.261. The molecular formula is C23H34N4O4. The number of likely N-dealkylation sites (N-methyl/N-ethyl adjacent to an activating group) is 2. The molecule has 0 bridgehead atoms. The molecule has 1 atom stereocenters. The molecule has 0 radical (unpaired) electrons. The number of carbonyl (C=O) groups is 2. The van der Waals surface area contributed by atoms with Crippen molar-refractivity contribution in [3.63, 3.8) is 0 Å². The van der Waals surface area contributed by atoms with Crippen molar-refractivity contribution >= 4 is 17.5 Å². The Morgan fingerprint density at radius 2 is 1.81 bits per heavy atom. The maximum absolute atomic E-state index is 13.1. The lowest BCUT2D eigenvalue weighted by molar-refractivity contribution is -0.385. The van der Waals surface area contributed by atoms with Crippen LogP contribution in [0, 0.1) is 17.0 Å². The zero-order valence-corrected chi connectivity index (χ0v) is 18.9. The molecule has 31 heavy (non-hydrogen) atoms. The predicted octanol–water partition coefficient (Wildman–Crippen LogP) is 3.23. The summed E-state index contributed by atoms with van der Waals surface area (Å²) < 4.78 is 0. The first-order valence-electron chi connectivity index (χ1n) is 11.3. The van der Waals surface area contributed by atoms with E-state index in [1.54, 1.807) is 22.8 Å². The third kappa shape index (κ3) is 5.42. The number of rotatable bonds is 7. The smallest absolute Gasteiger partial charge is 0.272 e. The van der Waals surface area contributed by atoms with Crippen LogP contribution in [0.25, 0.3) is 0 Å². The maximum atomic E-state index is 13.1. The number of hydrogen-bond donors (Lipinski definition) is 0. The lowest BCUT2D eigenvalue weighted by atomic mass is 9.94. The molecule has 1 saturated heterocycles. The van der Waals surface area contributed by atoms with Gasteiger partial charge in [-0.05, 0) is 51.8 Å². The molecular weight excluding hydrogens is 396 g/mol. The Kier molecular flexibility index (Phi) is 7.64. The highest BCUT2D eigenvalue weighted by molar-refractivity contribution is 5.98. The number of likely N-dealkylation sites (tertiary alicyclic amines) is 1. The van der Waals surface area contributed by atoms with Gasteiger partial charge in [-0.1, -0.05) is 19.3 Å². The van der Waals surface area contributed by atoms with Crippen LogP contribution in [0.2, 0.25) is 0 Å². The molecule has 1 aromatic carbocycles. The number of nitro groups is 1. The standard InChI is InChI=1S/C23H34N4O4/c1-17-16-18(11-12-20(17)27(30)31)22(28)26-13-7-10-21(26)23(29)25(3)15-14-24(2)19-8-5-4-6-9-19/h11-12,16,19,21H,4-10,13-15H2,1-3H3. The summed E-state index contributed by atoms with van der Waals surface area (Å²) in [6, 6.07) is 4.53. The van der Waals surface area contributed by atoms with E-state index in [0.29, 0.717) is 36.7 Å². The predicted molar refractivity (Wildman–Crippen MR) is 119 cm³/mol. The van der Waals surface area contributed by atoms with Gasteiger partial charge in [0.15, 0.2) is 0 Å². The van der Waals surface area contributed by atoms with Crippen molar-refractivity contribution in [3.8, 4) is 0 Å². The van der Waals surface area contributed by atoms with Crippen molar-refractivity contribution in [1.82, 2.24) is 14.7 Å². The average molecular weight is 431 g/mol. The van der Waals surface area contributed by atoms with Crippen molar-refractivity contribution in [2.75, 3.05) is 33.7 Å². The van der Waals surface area contributed by atoms with Crippen LogP contribution >= 0.6 is 0 Å². The van der Waals surface area contributed by atoms with Gasteiger partial charge in [-0.25, -0.2) is 0 Å². The van der Waals surface area contributed by atoms with Crippen LogP contribution in [0.3, 0.4) is 0 Å². The minimum atomic E-state index is -0.465. The number of benzene rings is 1. The molecule has 2 amide bonds. The highest BCUT2D eigenvalue weighted by Gasteiger charge is 2.36. The van der Waals surface area contributed by atoms with E-state index in [0.717, 1.165) is 13.0 Å². The van der Waals surface area contributed by atoms with E-state index in [2.05, 4.69) is 11.9 Å². The van der Waals surface area contributed by atoms with Crippen LogP contribution in [0.1, 0.15) is 60.9 Å². The first-order valence-corrected chi connectivity index (χ1v) is 11.3. The second-order valence-electron chi connectivity index (χ2n) is 8.95. The van der Waals surface area contributed by atoms with E-state index in [9.17, 15) is 19.7 Å². The van der Waals surface area contributed by atoms with Crippen LogP contribution in [0.15, 0.2) is 18.2 Å². The van der Waals surface area contributed by atoms with Crippen molar-refractivity contribution in [2.45, 2.75) is 64.0 Å². The second-order valence-corrected chi connectivity index (χ2v) is 8.95. The lowest BCUT2D eigenvalue weighted by Crippen LogP contribution is -2.48. The summed E-state index contributed by atoms with van der Waals surface area (Å²) in [6.07, 6.45) is 7.78. The van der Waals surface area contributed by atoms with Crippen molar-refractivity contribution < 1.29 is 14.5 Å². The number of amides is 2. The van der Waals surface area contributed by atoms with Crippen LogP contribution in [0.5, 0.6) is 0 Å². The second kappa shape index (κ2) is 10.2. The van der Waals surface area contributed by atoms with E-state index in [4.69, 9.17) is 0 Å². The molecule has 2 fully saturated rings. The fourth-order valence-electron chi connectivity index (χ4n) is 4.80. The van der Waals surface area contributed by atoms with Crippen LogP contribution in [-0.2, 0) is 4.79 Å². The largest absolute Gasteiger partial charge is 0.343 e. The minimum absolute atomic E-state index is 0.00702. The maximum Gasteiger partial charge on any atom is 0.272 e. The molecule has 1 heterocycles. The van der Waals surface area contributed by atoms with Crippen LogP contribution in [-0.4, -0.2) is 77.3 Å². The molecule has 0 spiro atoms. The zero-order valence-electron chi connectivity index (χ0n) is 18.9. The zero-order chi connectivity index (χ0) is 22.5. The van der Waals surface area contributed by atoms with Gasteiger partial charge in [0, 0.05) is 49.9 Å². The number of aryl methyl sites for hydroxylation is 1. The number of nitrogens with zero attached hydrogens (tertiary/aromatic N) is 4. The molecule has 8 nitrogen and oxygen atoms in total. The number of carbonyl (C=O) groups excluding carboxylic acids is 2. The highest BCUT2D eigenvalue weighted by atomic mass is 16.6. The Morgan fingerprint density at radius 1 is 1.10 bits per heavy atom. The van der Waals surface area contributed by atoms with Gasteiger partial charge in [0.25, 0.3) is 11.6 Å². The fraction of sp³-hybridized carbons (Fsp3) is 0.652. The summed E-state index contributed by atoms with van der Waals surface area (Å²) in [6.45, 7) is 3.62. The highest BCUT2D eigenvalue weighted by Crippen LogP contribution is 2.25. The first-order chi connectivity index (χ1) is 14.8. The molecule has 0 aromatic heterocycles. The van der Waals surface area contributed by atoms with Crippen LogP contribution in [0.4, 0.5) is 5.69 Å². The van der Waals surface area contributed by atoms with E-state index in [1.807, 2.05) is 7.05 Å². The molecule has 1 aromatic rings. The summed E-state index contributed by atoms with van der Waals surface area (Å²) in [5.41, 5.74) is 0.829. The fourth-order valence-corrected chi connectivity index (χ4v) is 4.80. The Hall–Kier alpha value is -2.48. The van der Waals surface area contributed by atoms with E-state index in [-0.39, 0.29) is 17.5 Å². The molecule has 1 aliphatic carbocycles. The minimum Gasteiger partial charge on any atom is -0.343 e. The Bertz CT molecular complexity index is 822. The van der Waals surface area contributed by atoms with Crippen molar-refractivity contribution in [2.24, 2.45) is 0 Å². The summed E-state index contributed by atoms with van der Waals surface area (Å²) in [5, 5.41) is 11.0. The Balaban J connectivity index is 1.60. The van der Waals surface area contributed by atoms with Gasteiger partial charge in [0.1, 0.15) is 6.04 Å². The molecule has 3 rings (SSSR count). The van der Waals surface area contributed by atoms with E-state index < -0.39 is 11.0 Å². The van der Waals surface area contributed by atoms with Crippen molar-refractivity contribution in [3.05, 3.63) is 39.4 Å². The summed E-state index contributed by atoms with van der Waals surface area (Å²) >= 11 is 0. The Labute approximate surface area is 184 Å². The molecule has 8 heteroatoms. The number of hydrogen-bond acceptors (Lipinski definition) is 5. The molecule has 0 N–H and O–H groups in total. The topological polar surface area (TPSA) is 87.0 Å². The quantitative estimate of drug-likeness (QED) is 0.490.